The Bertz CT molecular complexity index is 1400. The number of anilines is 1. The summed E-state index contributed by atoms with van der Waals surface area (Å²) in [6.45, 7) is 6.74. The molecule has 2 aromatic rings. The van der Waals surface area contributed by atoms with E-state index in [-0.39, 0.29) is 54.1 Å². The first-order valence-corrected chi connectivity index (χ1v) is 17.4. The normalized spacial score (nSPS) is 21.0. The number of aryl methyl sites for hydroxylation is 1. The van der Waals surface area contributed by atoms with Crippen LogP contribution in [0.1, 0.15) is 63.2 Å². The lowest BCUT2D eigenvalue weighted by molar-refractivity contribution is -0.116. The lowest BCUT2D eigenvalue weighted by atomic mass is 10.0. The third kappa shape index (κ3) is 10.5. The molecule has 0 spiro atoms. The predicted molar refractivity (Wildman–Crippen MR) is 176 cm³/mol. The van der Waals surface area contributed by atoms with Gasteiger partial charge in [0.2, 0.25) is 5.91 Å². The second-order valence-electron chi connectivity index (χ2n) is 12.6. The number of imidazole rings is 1. The Morgan fingerprint density at radius 3 is 2.61 bits per heavy atom. The van der Waals surface area contributed by atoms with Crippen LogP contribution in [-0.2, 0) is 26.6 Å². The second-order valence-corrected chi connectivity index (χ2v) is 14.6. The van der Waals surface area contributed by atoms with E-state index in [1.807, 2.05) is 32.8 Å². The molecule has 0 aliphatic carbocycles. The molecule has 1 aromatic carbocycles. The highest BCUT2D eigenvalue weighted by molar-refractivity contribution is 7.89. The zero-order chi connectivity index (χ0) is 34.0. The molecule has 0 radical (unpaired) electrons. The van der Waals surface area contributed by atoms with Crippen LogP contribution in [0.25, 0.3) is 0 Å². The summed E-state index contributed by atoms with van der Waals surface area (Å²) in [4.78, 5) is 34.6. The molecule has 0 fully saturated rings. The highest BCUT2D eigenvalue weighted by atomic mass is 32.2. The number of hydrogen-bond acceptors (Lipinski definition) is 9. The van der Waals surface area contributed by atoms with Crippen molar-refractivity contribution in [2.45, 2.75) is 76.2 Å². The number of fused-ring (bicyclic) bond motifs is 1. The summed E-state index contributed by atoms with van der Waals surface area (Å²) < 4.78 is 41.9. The van der Waals surface area contributed by atoms with E-state index in [0.717, 1.165) is 19.4 Å². The van der Waals surface area contributed by atoms with Crippen LogP contribution in [-0.4, -0.2) is 121 Å². The number of carbonyl (C=O) groups is 2. The van der Waals surface area contributed by atoms with Crippen molar-refractivity contribution in [2.24, 2.45) is 13.0 Å². The van der Waals surface area contributed by atoms with E-state index >= 15 is 0 Å². The van der Waals surface area contributed by atoms with Crippen molar-refractivity contribution in [3.8, 4) is 5.75 Å². The highest BCUT2D eigenvalue weighted by Crippen LogP contribution is 2.29. The number of aliphatic hydroxyl groups excluding tert-OH is 1. The van der Waals surface area contributed by atoms with Gasteiger partial charge >= 0.3 is 0 Å². The molecule has 0 unspecified atom stereocenters. The molecular formula is C32H52N6O7S. The largest absolute Gasteiger partial charge is 0.490 e. The van der Waals surface area contributed by atoms with Gasteiger partial charge in [-0.15, -0.1) is 0 Å². The summed E-state index contributed by atoms with van der Waals surface area (Å²) >= 11 is 0. The molecule has 46 heavy (non-hydrogen) atoms. The van der Waals surface area contributed by atoms with Crippen molar-refractivity contribution in [3.63, 3.8) is 0 Å². The molecule has 0 saturated carbocycles. The molecule has 2 N–H and O–H groups in total. The highest BCUT2D eigenvalue weighted by Gasteiger charge is 2.33. The lowest BCUT2D eigenvalue weighted by Crippen LogP contribution is -2.48. The molecule has 14 heteroatoms. The minimum Gasteiger partial charge on any atom is -0.490 e. The fraction of sp³-hybridized carbons (Fsp3) is 0.656. The van der Waals surface area contributed by atoms with Crippen LogP contribution in [0.2, 0.25) is 0 Å². The van der Waals surface area contributed by atoms with Gasteiger partial charge in [0, 0.05) is 58.0 Å². The maximum Gasteiger partial charge on any atom is 0.261 e. The van der Waals surface area contributed by atoms with Crippen molar-refractivity contribution in [1.29, 1.82) is 0 Å². The zero-order valence-electron chi connectivity index (χ0n) is 28.3. The van der Waals surface area contributed by atoms with Gasteiger partial charge in [0.1, 0.15) is 5.75 Å². The molecular weight excluding hydrogens is 612 g/mol. The fourth-order valence-corrected chi connectivity index (χ4v) is 6.42. The summed E-state index contributed by atoms with van der Waals surface area (Å²) in [5.74, 6) is -0.435. The number of carbonyl (C=O) groups excluding carboxylic acids is 2. The minimum absolute atomic E-state index is 0.0513. The van der Waals surface area contributed by atoms with Gasteiger partial charge in [-0.25, -0.2) is 13.4 Å². The summed E-state index contributed by atoms with van der Waals surface area (Å²) in [6, 6.07) is 4.51. The minimum atomic E-state index is -3.87. The number of aliphatic hydroxyl groups is 1. The molecule has 0 saturated heterocycles. The van der Waals surface area contributed by atoms with Crippen molar-refractivity contribution >= 4 is 27.5 Å². The maximum absolute atomic E-state index is 14.3. The molecule has 13 nitrogen and oxygen atoms in total. The number of ether oxygens (including phenoxy) is 2. The summed E-state index contributed by atoms with van der Waals surface area (Å²) in [7, 11) is 3.24. The Labute approximate surface area is 273 Å². The van der Waals surface area contributed by atoms with E-state index in [9.17, 15) is 23.1 Å². The first kappa shape index (κ1) is 37.4. The third-order valence-electron chi connectivity index (χ3n) is 8.14. The summed E-state index contributed by atoms with van der Waals surface area (Å²) in [5.41, 5.74) is 0.751. The smallest absolute Gasteiger partial charge is 0.261 e. The van der Waals surface area contributed by atoms with Gasteiger partial charge in [-0.1, -0.05) is 6.92 Å². The van der Waals surface area contributed by atoms with E-state index in [4.69, 9.17) is 9.47 Å². The van der Waals surface area contributed by atoms with Crippen molar-refractivity contribution in [2.75, 3.05) is 59.3 Å². The van der Waals surface area contributed by atoms with E-state index in [1.54, 1.807) is 41.6 Å². The number of benzene rings is 1. The van der Waals surface area contributed by atoms with Crippen LogP contribution in [0.3, 0.4) is 0 Å². The molecule has 4 atom stereocenters. The number of rotatable bonds is 11. The standard InChI is InChI=1S/C32H52N6O7S/c1-23-18-38(24(2)21-39)32(41)27-17-26(34-30(40)12-10-15-35(4)5)13-14-28(27)45-25(3)11-8-9-16-44-29(23)19-37(7)46(42,43)31-20-36(6)22-33-31/h13-14,17,20,22-25,29,39H,8-12,15-16,18-19,21H2,1-7H3,(H,34,40)/t23-,24+,25+,29+/m0/s1. The van der Waals surface area contributed by atoms with E-state index in [1.165, 1.54) is 23.9 Å². The number of likely N-dealkylation sites (N-methyl/N-ethyl adjacent to an activating group) is 1. The molecule has 2 heterocycles. The van der Waals surface area contributed by atoms with Crippen LogP contribution < -0.4 is 10.1 Å². The van der Waals surface area contributed by atoms with Crippen LogP contribution >= 0.6 is 0 Å². The van der Waals surface area contributed by atoms with Crippen molar-refractivity contribution in [1.82, 2.24) is 23.7 Å². The molecule has 258 valence electrons. The number of hydrogen-bond donors (Lipinski definition) is 2. The number of sulfonamides is 1. The monoisotopic (exact) mass is 664 g/mol. The Balaban J connectivity index is 1.92. The average molecular weight is 665 g/mol. The Morgan fingerprint density at radius 2 is 1.96 bits per heavy atom. The predicted octanol–water partition coefficient (Wildman–Crippen LogP) is 2.82. The molecule has 0 bridgehead atoms. The Hall–Kier alpha value is -3.04. The van der Waals surface area contributed by atoms with Crippen LogP contribution in [0.15, 0.2) is 35.7 Å². The third-order valence-corrected chi connectivity index (χ3v) is 9.85. The number of nitrogens with zero attached hydrogens (tertiary/aromatic N) is 5. The summed E-state index contributed by atoms with van der Waals surface area (Å²) in [6.07, 6.45) is 5.45. The first-order valence-electron chi connectivity index (χ1n) is 16.0. The fourth-order valence-electron chi connectivity index (χ4n) is 5.28. The van der Waals surface area contributed by atoms with Gasteiger partial charge in [0.25, 0.3) is 15.9 Å². The van der Waals surface area contributed by atoms with Gasteiger partial charge in [-0.2, -0.15) is 4.31 Å². The van der Waals surface area contributed by atoms with Crippen LogP contribution in [0, 0.1) is 5.92 Å². The summed E-state index contributed by atoms with van der Waals surface area (Å²) in [5, 5.41) is 13.0. The quantitative estimate of drug-likeness (QED) is 0.370. The zero-order valence-corrected chi connectivity index (χ0v) is 29.1. The lowest BCUT2D eigenvalue weighted by Gasteiger charge is -2.35. The average Bonchev–Trinajstić information content (AvgIpc) is 3.45. The molecule has 1 aliphatic heterocycles. The molecule has 3 rings (SSSR count). The SMILES string of the molecule is C[C@@H]1CCCCO[C@H](CN(C)S(=O)(=O)c2cn(C)cn2)[C@@H](C)CN([C@H](C)CO)C(=O)c2cc(NC(=O)CCCN(C)C)ccc2O1. The molecule has 1 aliphatic rings. The Morgan fingerprint density at radius 1 is 1.22 bits per heavy atom. The maximum atomic E-state index is 14.3. The number of aromatic nitrogens is 2. The topological polar surface area (TPSA) is 147 Å². The van der Waals surface area contributed by atoms with Gasteiger partial charge < -0.3 is 34.3 Å². The molecule has 1 aromatic heterocycles. The molecule has 2 amide bonds. The van der Waals surface area contributed by atoms with Gasteiger partial charge in [-0.05, 0) is 78.4 Å². The second kappa shape index (κ2) is 17.2. The van der Waals surface area contributed by atoms with Crippen molar-refractivity contribution < 1.29 is 32.6 Å². The van der Waals surface area contributed by atoms with Crippen LogP contribution in [0.5, 0.6) is 5.75 Å². The van der Waals surface area contributed by atoms with E-state index < -0.39 is 22.2 Å². The van der Waals surface area contributed by atoms with Gasteiger partial charge in [0.15, 0.2) is 5.03 Å². The number of amides is 2. The van der Waals surface area contributed by atoms with Crippen LogP contribution in [0.4, 0.5) is 5.69 Å². The number of nitrogens with one attached hydrogen (secondary N) is 1. The van der Waals surface area contributed by atoms with Gasteiger partial charge in [-0.3, -0.25) is 9.59 Å². The van der Waals surface area contributed by atoms with E-state index in [2.05, 4.69) is 10.3 Å². The van der Waals surface area contributed by atoms with E-state index in [0.29, 0.717) is 37.3 Å². The van der Waals surface area contributed by atoms with Gasteiger partial charge in [0.05, 0.1) is 36.7 Å². The Kier molecular flexibility index (Phi) is 14.0. The van der Waals surface area contributed by atoms with Crippen molar-refractivity contribution in [3.05, 3.63) is 36.3 Å². The first-order chi connectivity index (χ1) is 21.7.